The van der Waals surface area contributed by atoms with Crippen LogP contribution in [-0.2, 0) is 8.53 Å². The predicted octanol–water partition coefficient (Wildman–Crippen LogP) is -2.31. The molecule has 1 rings (SSSR count). The Morgan fingerprint density at radius 2 is 1.88 bits per heavy atom. The molecule has 0 aromatic heterocycles. The zero-order valence-corrected chi connectivity index (χ0v) is 10.6. The summed E-state index contributed by atoms with van der Waals surface area (Å²) < 4.78 is 33.7. The molecule has 17 heavy (non-hydrogen) atoms. The van der Waals surface area contributed by atoms with Gasteiger partial charge in [0.2, 0.25) is 0 Å². The van der Waals surface area contributed by atoms with E-state index in [0.29, 0.717) is 5.75 Å². The SMILES string of the molecule is O=C(COc1ccc([As](=O)(O)O)cc1)NCO. The Hall–Kier alpha value is -1.27. The first kappa shape index (κ1) is 13.8. The van der Waals surface area contributed by atoms with Gasteiger partial charge in [0.1, 0.15) is 0 Å². The third-order valence-corrected chi connectivity index (χ3v) is 3.86. The van der Waals surface area contributed by atoms with Crippen molar-refractivity contribution in [3.05, 3.63) is 24.3 Å². The summed E-state index contributed by atoms with van der Waals surface area (Å²) in [7, 11) is 0. The number of aliphatic hydroxyl groups excluding tert-OH is 1. The van der Waals surface area contributed by atoms with E-state index in [9.17, 15) is 8.53 Å². The maximum absolute atomic E-state index is 10.9. The average molecular weight is 305 g/mol. The minimum absolute atomic E-state index is 0.0599. The van der Waals surface area contributed by atoms with E-state index in [4.69, 9.17) is 18.0 Å². The maximum atomic E-state index is 10.9. The van der Waals surface area contributed by atoms with Crippen molar-refractivity contribution in [1.82, 2.24) is 5.32 Å². The topological polar surface area (TPSA) is 116 Å². The molecule has 0 unspecified atom stereocenters. The fraction of sp³-hybridized carbons (Fsp3) is 0.222. The number of nitrogens with one attached hydrogen (secondary N) is 1. The Balaban J connectivity index is 2.57. The number of amides is 1. The van der Waals surface area contributed by atoms with Gasteiger partial charge in [-0.05, 0) is 0 Å². The Morgan fingerprint density at radius 3 is 2.35 bits per heavy atom. The third kappa shape index (κ3) is 4.62. The minimum atomic E-state index is -4.86. The number of hydrogen-bond donors (Lipinski definition) is 4. The molecule has 0 aliphatic carbocycles. The summed E-state index contributed by atoms with van der Waals surface area (Å²) in [5.74, 6) is -0.179. The summed E-state index contributed by atoms with van der Waals surface area (Å²) in [6, 6.07) is 5.22. The average Bonchev–Trinajstić information content (AvgIpc) is 2.26. The standard InChI is InChI=1S/C9H12AsNO6/c12-6-11-9(13)5-17-8-3-1-7(2-4-8)10(14,15)16/h1-4,12H,5-6H2,(H,11,13)(H2,14,15,16). The van der Waals surface area contributed by atoms with E-state index in [2.05, 4.69) is 5.32 Å². The van der Waals surface area contributed by atoms with Gasteiger partial charge in [0.25, 0.3) is 0 Å². The van der Waals surface area contributed by atoms with Crippen molar-refractivity contribution in [1.29, 1.82) is 0 Å². The number of ether oxygens (including phenoxy) is 1. The Bertz CT molecular complexity index is 426. The molecule has 4 N–H and O–H groups in total. The molecule has 0 heterocycles. The first-order chi connectivity index (χ1) is 7.93. The van der Waals surface area contributed by atoms with Gasteiger partial charge in [-0.15, -0.1) is 0 Å². The van der Waals surface area contributed by atoms with Crippen LogP contribution < -0.4 is 14.4 Å². The molecule has 0 saturated carbocycles. The molecule has 0 aliphatic rings. The number of hydrogen-bond acceptors (Lipinski definition) is 4. The van der Waals surface area contributed by atoms with Crippen molar-refractivity contribution in [3.8, 4) is 5.75 Å². The van der Waals surface area contributed by atoms with E-state index >= 15 is 0 Å². The molecular weight excluding hydrogens is 293 g/mol. The molecule has 0 fully saturated rings. The zero-order chi connectivity index (χ0) is 12.9. The summed E-state index contributed by atoms with van der Waals surface area (Å²) in [5.41, 5.74) is 0. The second-order valence-corrected chi connectivity index (χ2v) is 6.45. The van der Waals surface area contributed by atoms with Gasteiger partial charge in [-0.1, -0.05) is 0 Å². The van der Waals surface area contributed by atoms with Gasteiger partial charge in [-0.25, -0.2) is 0 Å². The van der Waals surface area contributed by atoms with Crippen molar-refractivity contribution in [3.63, 3.8) is 0 Å². The molecule has 8 heteroatoms. The molecule has 94 valence electrons. The van der Waals surface area contributed by atoms with Gasteiger partial charge in [-0.2, -0.15) is 0 Å². The number of aliphatic hydroxyl groups is 1. The number of benzene rings is 1. The quantitative estimate of drug-likeness (QED) is 0.359. The number of carbonyl (C=O) groups excluding carboxylic acids is 1. The van der Waals surface area contributed by atoms with Crippen molar-refractivity contribution >= 4 is 24.4 Å². The Labute approximate surface area is 100 Å². The summed E-state index contributed by atoms with van der Waals surface area (Å²) in [6.45, 7) is -0.747. The summed E-state index contributed by atoms with van der Waals surface area (Å²) in [6.07, 6.45) is 0. The first-order valence-electron chi connectivity index (χ1n) is 4.60. The van der Waals surface area contributed by atoms with E-state index in [1.165, 1.54) is 24.3 Å². The van der Waals surface area contributed by atoms with Gasteiger partial charge < -0.3 is 0 Å². The van der Waals surface area contributed by atoms with Crippen LogP contribution in [0.25, 0.3) is 0 Å². The normalized spacial score (nSPS) is 11.0. The van der Waals surface area contributed by atoms with Crippen LogP contribution in [0.1, 0.15) is 0 Å². The second-order valence-electron chi connectivity index (χ2n) is 3.08. The summed E-state index contributed by atoms with van der Waals surface area (Å²) in [4.78, 5) is 10.9. The van der Waals surface area contributed by atoms with Crippen LogP contribution in [0.5, 0.6) is 5.75 Å². The van der Waals surface area contributed by atoms with Gasteiger partial charge in [-0.3, -0.25) is 0 Å². The van der Waals surface area contributed by atoms with Crippen molar-refractivity contribution in [2.45, 2.75) is 0 Å². The second kappa shape index (κ2) is 5.88. The monoisotopic (exact) mass is 305 g/mol. The van der Waals surface area contributed by atoms with E-state index in [1.54, 1.807) is 0 Å². The van der Waals surface area contributed by atoms with Gasteiger partial charge in [0.05, 0.1) is 0 Å². The van der Waals surface area contributed by atoms with E-state index in [1.807, 2.05) is 0 Å². The van der Waals surface area contributed by atoms with Crippen LogP contribution in [0.3, 0.4) is 0 Å². The molecule has 0 saturated heterocycles. The van der Waals surface area contributed by atoms with Gasteiger partial charge in [0, 0.05) is 0 Å². The molecule has 1 aromatic rings. The van der Waals surface area contributed by atoms with Crippen molar-refractivity contribution < 1.29 is 26.6 Å². The summed E-state index contributed by atoms with van der Waals surface area (Å²) in [5, 5.41) is 10.5. The number of carbonyl (C=O) groups is 1. The van der Waals surface area contributed by atoms with E-state index in [0.717, 1.165) is 0 Å². The van der Waals surface area contributed by atoms with Crippen LogP contribution in [0, 0.1) is 0 Å². The molecule has 0 atom stereocenters. The summed E-state index contributed by atoms with van der Waals surface area (Å²) >= 11 is -4.86. The third-order valence-electron chi connectivity index (χ3n) is 1.82. The fourth-order valence-electron chi connectivity index (χ4n) is 1.02. The van der Waals surface area contributed by atoms with E-state index < -0.39 is 26.8 Å². The Morgan fingerprint density at radius 1 is 1.29 bits per heavy atom. The van der Waals surface area contributed by atoms with Crippen LogP contribution in [-0.4, -0.2) is 46.7 Å². The molecule has 0 radical (unpaired) electrons. The van der Waals surface area contributed by atoms with Gasteiger partial charge in [0.15, 0.2) is 0 Å². The van der Waals surface area contributed by atoms with Crippen molar-refractivity contribution in [2.24, 2.45) is 0 Å². The first-order valence-corrected chi connectivity index (χ1v) is 7.98. The molecule has 0 bridgehead atoms. The molecule has 1 amide bonds. The molecular formula is C9H12AsNO6. The van der Waals surface area contributed by atoms with Crippen LogP contribution in [0.15, 0.2) is 24.3 Å². The van der Waals surface area contributed by atoms with Crippen molar-refractivity contribution in [2.75, 3.05) is 13.3 Å². The van der Waals surface area contributed by atoms with Crippen LogP contribution >= 0.6 is 0 Å². The fourth-order valence-corrected chi connectivity index (χ4v) is 2.15. The number of rotatable bonds is 5. The Kier molecular flexibility index (Phi) is 4.77. The van der Waals surface area contributed by atoms with Crippen LogP contribution in [0.4, 0.5) is 0 Å². The molecule has 0 aliphatic heterocycles. The zero-order valence-electron chi connectivity index (χ0n) is 8.74. The molecule has 0 spiro atoms. The molecule has 1 aromatic carbocycles. The molecule has 7 nitrogen and oxygen atoms in total. The van der Waals surface area contributed by atoms with E-state index in [-0.39, 0.29) is 11.0 Å². The predicted molar refractivity (Wildman–Crippen MR) is 57.7 cm³/mol. The van der Waals surface area contributed by atoms with Crippen LogP contribution in [0.2, 0.25) is 0 Å². The van der Waals surface area contributed by atoms with Gasteiger partial charge >= 0.3 is 99.7 Å².